The monoisotopic (exact) mass is 348 g/mol. The van der Waals surface area contributed by atoms with Gasteiger partial charge in [-0.1, -0.05) is 39.7 Å². The van der Waals surface area contributed by atoms with Crippen molar-refractivity contribution in [1.82, 2.24) is 0 Å². The summed E-state index contributed by atoms with van der Waals surface area (Å²) >= 11 is 3.52. The van der Waals surface area contributed by atoms with E-state index in [4.69, 9.17) is 9.47 Å². The Balaban J connectivity index is 2.05. The smallest absolute Gasteiger partial charge is 0.162 e. The van der Waals surface area contributed by atoms with Gasteiger partial charge in [0.1, 0.15) is 19.3 Å². The Morgan fingerprint density at radius 1 is 1.00 bits per heavy atom. The minimum Gasteiger partial charge on any atom is -0.486 e. The third-order valence-corrected chi connectivity index (χ3v) is 4.37. The number of aryl methyl sites for hydroxylation is 2. The number of fused-ring (bicyclic) bond motifs is 1. The zero-order valence-electron chi connectivity index (χ0n) is 12.0. The Labute approximate surface area is 132 Å². The van der Waals surface area contributed by atoms with Gasteiger partial charge in [-0.15, -0.1) is 0 Å². The van der Waals surface area contributed by atoms with Crippen LogP contribution in [-0.2, 0) is 0 Å². The number of ether oxygens (including phenoxy) is 2. The summed E-state index contributed by atoms with van der Waals surface area (Å²) in [7, 11) is 0. The fourth-order valence-corrected chi connectivity index (χ4v) is 3.05. The SMILES string of the molecule is Cc1ccc(C)c(C(O)c2cc3c(cc2Br)OCCO3)c1. The lowest BCUT2D eigenvalue weighted by Gasteiger charge is -2.22. The first kappa shape index (κ1) is 14.4. The normalized spacial score (nSPS) is 14.9. The van der Waals surface area contributed by atoms with Gasteiger partial charge >= 0.3 is 0 Å². The lowest BCUT2D eigenvalue weighted by molar-refractivity contribution is 0.169. The van der Waals surface area contributed by atoms with Crippen molar-refractivity contribution in [2.24, 2.45) is 0 Å². The van der Waals surface area contributed by atoms with Crippen LogP contribution in [0.2, 0.25) is 0 Å². The summed E-state index contributed by atoms with van der Waals surface area (Å²) in [4.78, 5) is 0. The molecule has 0 aromatic heterocycles. The minimum absolute atomic E-state index is 0.535. The molecule has 1 atom stereocenters. The molecule has 1 N–H and O–H groups in total. The van der Waals surface area contributed by atoms with Gasteiger partial charge in [-0.25, -0.2) is 0 Å². The Bertz CT molecular complexity index is 682. The number of halogens is 1. The molecule has 0 spiro atoms. The van der Waals surface area contributed by atoms with Crippen LogP contribution in [0.4, 0.5) is 0 Å². The fraction of sp³-hybridized carbons (Fsp3) is 0.294. The van der Waals surface area contributed by atoms with E-state index in [2.05, 4.69) is 15.9 Å². The number of hydrogen-bond acceptors (Lipinski definition) is 3. The fourth-order valence-electron chi connectivity index (χ4n) is 2.51. The Morgan fingerprint density at radius 2 is 1.67 bits per heavy atom. The summed E-state index contributed by atoms with van der Waals surface area (Å²) in [5, 5.41) is 10.8. The van der Waals surface area contributed by atoms with Gasteiger partial charge in [0.25, 0.3) is 0 Å². The highest BCUT2D eigenvalue weighted by molar-refractivity contribution is 9.10. The van der Waals surface area contributed by atoms with Crippen LogP contribution in [0, 0.1) is 13.8 Å². The molecule has 2 aromatic rings. The van der Waals surface area contributed by atoms with Crippen molar-refractivity contribution in [2.75, 3.05) is 13.2 Å². The molecule has 4 heteroatoms. The van der Waals surface area contributed by atoms with Crippen molar-refractivity contribution in [2.45, 2.75) is 20.0 Å². The van der Waals surface area contributed by atoms with Crippen LogP contribution >= 0.6 is 15.9 Å². The standard InChI is InChI=1S/C17H17BrO3/c1-10-3-4-11(2)12(7-10)17(19)13-8-15-16(9-14(13)18)21-6-5-20-15/h3-4,7-9,17,19H,5-6H2,1-2H3. The second-order valence-corrected chi connectivity index (χ2v) is 6.13. The van der Waals surface area contributed by atoms with Gasteiger partial charge in [-0.2, -0.15) is 0 Å². The zero-order chi connectivity index (χ0) is 15.0. The third kappa shape index (κ3) is 2.78. The lowest BCUT2D eigenvalue weighted by atomic mass is 9.95. The number of rotatable bonds is 2. The van der Waals surface area contributed by atoms with E-state index in [0.29, 0.717) is 24.7 Å². The number of aliphatic hydroxyl groups excluding tert-OH is 1. The molecule has 21 heavy (non-hydrogen) atoms. The molecule has 0 saturated carbocycles. The van der Waals surface area contributed by atoms with E-state index in [1.54, 1.807) is 0 Å². The average molecular weight is 349 g/mol. The van der Waals surface area contributed by atoms with E-state index < -0.39 is 6.10 Å². The first-order valence-electron chi connectivity index (χ1n) is 6.90. The molecule has 0 radical (unpaired) electrons. The van der Waals surface area contributed by atoms with Gasteiger partial charge in [0.15, 0.2) is 11.5 Å². The molecule has 1 unspecified atom stereocenters. The highest BCUT2D eigenvalue weighted by Gasteiger charge is 2.21. The van der Waals surface area contributed by atoms with Crippen molar-refractivity contribution >= 4 is 15.9 Å². The van der Waals surface area contributed by atoms with Crippen LogP contribution in [-0.4, -0.2) is 18.3 Å². The molecule has 1 aliphatic rings. The highest BCUT2D eigenvalue weighted by Crippen LogP contribution is 2.40. The molecule has 3 nitrogen and oxygen atoms in total. The summed E-state index contributed by atoms with van der Waals surface area (Å²) in [6.45, 7) is 5.12. The van der Waals surface area contributed by atoms with E-state index in [9.17, 15) is 5.11 Å². The van der Waals surface area contributed by atoms with Crippen LogP contribution in [0.15, 0.2) is 34.8 Å². The molecule has 1 heterocycles. The zero-order valence-corrected chi connectivity index (χ0v) is 13.6. The Hall–Kier alpha value is -1.52. The predicted octanol–water partition coefficient (Wildman–Crippen LogP) is 3.92. The van der Waals surface area contributed by atoms with Gasteiger partial charge in [0.05, 0.1) is 0 Å². The molecular formula is C17H17BrO3. The van der Waals surface area contributed by atoms with Crippen molar-refractivity contribution in [3.05, 3.63) is 57.1 Å². The van der Waals surface area contributed by atoms with Gasteiger partial charge in [-0.3, -0.25) is 0 Å². The maximum Gasteiger partial charge on any atom is 0.162 e. The van der Waals surface area contributed by atoms with Gasteiger partial charge in [-0.05, 0) is 37.1 Å². The molecule has 0 aliphatic carbocycles. The summed E-state index contributed by atoms with van der Waals surface area (Å²) in [6, 6.07) is 9.80. The van der Waals surface area contributed by atoms with E-state index in [-0.39, 0.29) is 0 Å². The van der Waals surface area contributed by atoms with Crippen molar-refractivity contribution in [3.8, 4) is 11.5 Å². The first-order chi connectivity index (χ1) is 10.1. The third-order valence-electron chi connectivity index (χ3n) is 3.69. The topological polar surface area (TPSA) is 38.7 Å². The quantitative estimate of drug-likeness (QED) is 0.893. The Kier molecular flexibility index (Phi) is 3.91. The van der Waals surface area contributed by atoms with Gasteiger partial charge in [0, 0.05) is 10.0 Å². The molecule has 2 aromatic carbocycles. The summed E-state index contributed by atoms with van der Waals surface area (Å²) in [5.41, 5.74) is 3.89. The number of hydrogen-bond donors (Lipinski definition) is 1. The molecule has 3 rings (SSSR count). The van der Waals surface area contributed by atoms with Crippen molar-refractivity contribution < 1.29 is 14.6 Å². The van der Waals surface area contributed by atoms with Gasteiger partial charge < -0.3 is 14.6 Å². The second kappa shape index (κ2) is 5.70. The first-order valence-corrected chi connectivity index (χ1v) is 7.70. The number of benzene rings is 2. The minimum atomic E-state index is -0.699. The van der Waals surface area contributed by atoms with Crippen molar-refractivity contribution in [3.63, 3.8) is 0 Å². The van der Waals surface area contributed by atoms with Crippen LogP contribution in [0.25, 0.3) is 0 Å². The van der Waals surface area contributed by atoms with Crippen LogP contribution < -0.4 is 9.47 Å². The van der Waals surface area contributed by atoms with E-state index >= 15 is 0 Å². The Morgan fingerprint density at radius 3 is 2.38 bits per heavy atom. The summed E-state index contributed by atoms with van der Waals surface area (Å²) < 4.78 is 12.0. The summed E-state index contributed by atoms with van der Waals surface area (Å²) in [6.07, 6.45) is -0.699. The van der Waals surface area contributed by atoms with E-state index in [0.717, 1.165) is 26.7 Å². The maximum atomic E-state index is 10.8. The molecule has 0 fully saturated rings. The second-order valence-electron chi connectivity index (χ2n) is 5.28. The molecule has 1 aliphatic heterocycles. The number of aliphatic hydroxyl groups is 1. The van der Waals surface area contributed by atoms with Crippen LogP contribution in [0.3, 0.4) is 0 Å². The maximum absolute atomic E-state index is 10.8. The predicted molar refractivity (Wildman–Crippen MR) is 85.1 cm³/mol. The highest BCUT2D eigenvalue weighted by atomic mass is 79.9. The molecular weight excluding hydrogens is 332 g/mol. The largest absolute Gasteiger partial charge is 0.486 e. The molecule has 0 saturated heterocycles. The molecule has 110 valence electrons. The average Bonchev–Trinajstić information content (AvgIpc) is 2.48. The van der Waals surface area contributed by atoms with Gasteiger partial charge in [0.2, 0.25) is 0 Å². The van der Waals surface area contributed by atoms with E-state index in [1.165, 1.54) is 0 Å². The van der Waals surface area contributed by atoms with Crippen LogP contribution in [0.5, 0.6) is 11.5 Å². The van der Waals surface area contributed by atoms with E-state index in [1.807, 2.05) is 44.2 Å². The van der Waals surface area contributed by atoms with Crippen LogP contribution in [0.1, 0.15) is 28.4 Å². The lowest BCUT2D eigenvalue weighted by Crippen LogP contribution is -2.16. The van der Waals surface area contributed by atoms with Crippen molar-refractivity contribution in [1.29, 1.82) is 0 Å². The molecule has 0 amide bonds. The molecule has 0 bridgehead atoms. The summed E-state index contributed by atoms with van der Waals surface area (Å²) in [5.74, 6) is 1.40.